The number of esters is 1. The molecular weight excluding hydrogens is 476 g/mol. The van der Waals surface area contributed by atoms with Gasteiger partial charge in [0, 0.05) is 17.1 Å². The number of carbonyl (C=O) groups is 2. The molecule has 38 heavy (non-hydrogen) atoms. The number of allylic oxidation sites excluding steroid dienone is 2. The van der Waals surface area contributed by atoms with Gasteiger partial charge < -0.3 is 14.2 Å². The number of fused-ring (bicyclic) bond motifs is 2. The Morgan fingerprint density at radius 3 is 2.29 bits per heavy atom. The van der Waals surface area contributed by atoms with Crippen LogP contribution < -0.4 is 0 Å². The average Bonchev–Trinajstić information content (AvgIpc) is 3.49. The monoisotopic (exact) mass is 508 g/mol. The summed E-state index contributed by atoms with van der Waals surface area (Å²) in [7, 11) is 0. The fourth-order valence-electron chi connectivity index (χ4n) is 6.98. The lowest BCUT2D eigenvalue weighted by Gasteiger charge is -2.45. The van der Waals surface area contributed by atoms with E-state index in [-0.39, 0.29) is 17.6 Å². The minimum absolute atomic E-state index is 0.0160. The summed E-state index contributed by atoms with van der Waals surface area (Å²) in [5, 5.41) is 0. The molecule has 7 atom stereocenters. The van der Waals surface area contributed by atoms with Crippen molar-refractivity contribution in [1.82, 2.24) is 0 Å². The lowest BCUT2D eigenvalue weighted by Crippen LogP contribution is -2.59. The lowest BCUT2D eigenvalue weighted by atomic mass is 9.64. The van der Waals surface area contributed by atoms with Crippen molar-refractivity contribution >= 4 is 23.9 Å². The summed E-state index contributed by atoms with van der Waals surface area (Å²) >= 11 is 0. The van der Waals surface area contributed by atoms with Gasteiger partial charge in [-0.05, 0) is 42.9 Å². The van der Waals surface area contributed by atoms with Crippen molar-refractivity contribution in [3.63, 3.8) is 0 Å². The summed E-state index contributed by atoms with van der Waals surface area (Å²) in [6, 6.07) is 19.9. The third-order valence-electron chi connectivity index (χ3n) is 8.93. The second-order valence-electron chi connectivity index (χ2n) is 10.9. The van der Waals surface area contributed by atoms with Crippen LogP contribution in [0.25, 0.3) is 12.2 Å². The highest BCUT2D eigenvalue weighted by Crippen LogP contribution is 2.65. The molecule has 2 aliphatic carbocycles. The maximum atomic E-state index is 14.4. The maximum absolute atomic E-state index is 14.4. The van der Waals surface area contributed by atoms with E-state index in [1.807, 2.05) is 98.0 Å². The molecule has 1 spiro atoms. The molecule has 0 radical (unpaired) electrons. The van der Waals surface area contributed by atoms with Gasteiger partial charge in [0.25, 0.3) is 0 Å². The minimum Gasteiger partial charge on any atom is -0.457 e. The van der Waals surface area contributed by atoms with Crippen LogP contribution in [0, 0.1) is 17.3 Å². The molecule has 2 aromatic carbocycles. The Labute approximate surface area is 223 Å². The fraction of sp³-hybridized carbons (Fsp3) is 0.333. The highest BCUT2D eigenvalue weighted by atomic mass is 16.7. The Hall–Kier alpha value is -3.54. The van der Waals surface area contributed by atoms with E-state index < -0.39 is 35.5 Å². The summed E-state index contributed by atoms with van der Waals surface area (Å²) in [6.07, 6.45) is 9.19. The van der Waals surface area contributed by atoms with E-state index in [9.17, 15) is 9.59 Å². The first-order valence-electron chi connectivity index (χ1n) is 13.3. The zero-order valence-corrected chi connectivity index (χ0v) is 21.7. The Morgan fingerprint density at radius 2 is 1.61 bits per heavy atom. The van der Waals surface area contributed by atoms with Gasteiger partial charge in [0.05, 0.1) is 0 Å². The number of hydrogen-bond acceptors (Lipinski definition) is 5. The molecule has 1 unspecified atom stereocenters. The molecule has 194 valence electrons. The quantitative estimate of drug-likeness (QED) is 0.378. The van der Waals surface area contributed by atoms with Crippen LogP contribution in [0.4, 0.5) is 0 Å². The van der Waals surface area contributed by atoms with Crippen molar-refractivity contribution in [1.29, 1.82) is 0 Å². The maximum Gasteiger partial charge on any atom is 0.334 e. The molecule has 0 aromatic heterocycles. The second kappa shape index (κ2) is 9.33. The Kier molecular flexibility index (Phi) is 6.09. The van der Waals surface area contributed by atoms with Crippen LogP contribution in [0.3, 0.4) is 0 Å². The summed E-state index contributed by atoms with van der Waals surface area (Å²) in [4.78, 5) is 27.0. The van der Waals surface area contributed by atoms with Crippen molar-refractivity contribution in [3.05, 3.63) is 108 Å². The van der Waals surface area contributed by atoms with E-state index in [2.05, 4.69) is 13.5 Å². The van der Waals surface area contributed by atoms with Crippen LogP contribution in [-0.2, 0) is 23.8 Å². The zero-order chi connectivity index (χ0) is 26.5. The third-order valence-corrected chi connectivity index (χ3v) is 8.93. The molecule has 4 aliphatic rings. The van der Waals surface area contributed by atoms with Crippen LogP contribution in [0.2, 0.25) is 0 Å². The van der Waals surface area contributed by atoms with E-state index >= 15 is 0 Å². The highest BCUT2D eigenvalue weighted by Gasteiger charge is 2.78. The van der Waals surface area contributed by atoms with E-state index in [0.29, 0.717) is 17.6 Å². The average molecular weight is 509 g/mol. The number of hydrogen-bond donors (Lipinski definition) is 0. The van der Waals surface area contributed by atoms with E-state index in [4.69, 9.17) is 14.2 Å². The van der Waals surface area contributed by atoms with Gasteiger partial charge in [-0.1, -0.05) is 98.5 Å². The minimum atomic E-state index is -1.12. The number of rotatable bonds is 4. The first-order chi connectivity index (χ1) is 18.4. The van der Waals surface area contributed by atoms with Gasteiger partial charge in [0.15, 0.2) is 12.1 Å². The van der Waals surface area contributed by atoms with Crippen LogP contribution >= 0.6 is 0 Å². The smallest absolute Gasteiger partial charge is 0.334 e. The van der Waals surface area contributed by atoms with Gasteiger partial charge in [0.2, 0.25) is 0 Å². The Morgan fingerprint density at radius 1 is 0.947 bits per heavy atom. The van der Waals surface area contributed by atoms with E-state index in [1.165, 1.54) is 0 Å². The molecule has 2 saturated carbocycles. The molecule has 5 nitrogen and oxygen atoms in total. The number of benzene rings is 2. The first-order valence-corrected chi connectivity index (χ1v) is 13.3. The van der Waals surface area contributed by atoms with Crippen molar-refractivity contribution in [2.75, 3.05) is 0 Å². The fourth-order valence-corrected chi connectivity index (χ4v) is 6.98. The van der Waals surface area contributed by atoms with Crippen LogP contribution in [0.15, 0.2) is 96.6 Å². The molecule has 0 bridgehead atoms. The van der Waals surface area contributed by atoms with Gasteiger partial charge in [-0.15, -0.1) is 0 Å². The summed E-state index contributed by atoms with van der Waals surface area (Å²) in [5.74, 6) is -0.744. The topological polar surface area (TPSA) is 61.8 Å². The van der Waals surface area contributed by atoms with Gasteiger partial charge in [-0.25, -0.2) is 4.79 Å². The summed E-state index contributed by atoms with van der Waals surface area (Å²) < 4.78 is 19.3. The number of ketones is 1. The molecule has 4 fully saturated rings. The van der Waals surface area contributed by atoms with Crippen molar-refractivity contribution in [3.8, 4) is 0 Å². The molecule has 6 rings (SSSR count). The first kappa shape index (κ1) is 24.8. The number of carbonyl (C=O) groups excluding carboxylic acids is 2. The lowest BCUT2D eigenvalue weighted by molar-refractivity contribution is -0.183. The molecular formula is C33H32O5. The number of Topliss-reactive ketones (excluding diaryl/α,β-unsaturated/α-hetero) is 1. The van der Waals surface area contributed by atoms with Crippen molar-refractivity contribution < 1.29 is 23.8 Å². The molecule has 2 aromatic rings. The molecule has 2 aliphatic heterocycles. The van der Waals surface area contributed by atoms with Gasteiger partial charge >= 0.3 is 5.97 Å². The largest absolute Gasteiger partial charge is 0.457 e. The molecule has 5 heteroatoms. The van der Waals surface area contributed by atoms with E-state index in [0.717, 1.165) is 17.5 Å². The SMILES string of the molecule is C=C1C(=O)O[C@@H]2[C@H]1CC[C@H](C)[C@]13OC(/C=C/c4ccccc4)O[C@H]1/C(=C/C=C/c1ccccc1)C(=O)[C@@]23C. The standard InChI is InChI=1S/C33H32O5/c1-21-17-19-25-22(2)31(35)37-29(25)32(3)28(34)26(16-10-15-23-11-6-4-7-12-23)30-33(21,32)38-27(36-30)20-18-24-13-8-5-9-14-24/h4-16,18,20-21,25,27,29-30H,2,17,19H2,1,3H3/b15-10+,20-18+,26-16+/t21-,25-,27?,29+,30-,32-,33-/m0/s1. The zero-order valence-electron chi connectivity index (χ0n) is 21.7. The van der Waals surface area contributed by atoms with Gasteiger partial charge in [-0.3, -0.25) is 4.79 Å². The van der Waals surface area contributed by atoms with Gasteiger partial charge in [-0.2, -0.15) is 0 Å². The van der Waals surface area contributed by atoms with Crippen LogP contribution in [0.5, 0.6) is 0 Å². The molecule has 0 N–H and O–H groups in total. The van der Waals surface area contributed by atoms with Crippen LogP contribution in [-0.4, -0.2) is 35.9 Å². The second-order valence-corrected chi connectivity index (χ2v) is 10.9. The summed E-state index contributed by atoms with van der Waals surface area (Å²) in [6.45, 7) is 8.05. The Bertz CT molecular complexity index is 1360. The van der Waals surface area contributed by atoms with Crippen molar-refractivity contribution in [2.24, 2.45) is 17.3 Å². The Balaban J connectivity index is 1.44. The number of ether oxygens (including phenoxy) is 3. The normalized spacial score (nSPS) is 37.5. The van der Waals surface area contributed by atoms with E-state index in [1.54, 1.807) is 0 Å². The van der Waals surface area contributed by atoms with Gasteiger partial charge in [0.1, 0.15) is 23.2 Å². The van der Waals surface area contributed by atoms with Crippen LogP contribution in [0.1, 0.15) is 37.8 Å². The predicted molar refractivity (Wildman–Crippen MR) is 146 cm³/mol. The third kappa shape index (κ3) is 3.60. The highest BCUT2D eigenvalue weighted by molar-refractivity contribution is 6.07. The molecule has 0 amide bonds. The summed E-state index contributed by atoms with van der Waals surface area (Å²) in [5.41, 5.74) is 0.972. The predicted octanol–water partition coefficient (Wildman–Crippen LogP) is 5.94. The molecule has 2 heterocycles. The van der Waals surface area contributed by atoms with Crippen molar-refractivity contribution in [2.45, 2.75) is 50.8 Å². The molecule has 2 saturated heterocycles.